The van der Waals surface area contributed by atoms with E-state index in [0.717, 1.165) is 28.4 Å². The highest BCUT2D eigenvalue weighted by Crippen LogP contribution is 2.35. The molecule has 1 aromatic carbocycles. The molecule has 1 aliphatic rings. The van der Waals surface area contributed by atoms with Crippen molar-refractivity contribution in [2.75, 3.05) is 27.2 Å². The van der Waals surface area contributed by atoms with Crippen molar-refractivity contribution in [1.29, 1.82) is 0 Å². The number of hydrogen-bond donors (Lipinski definition) is 2. The van der Waals surface area contributed by atoms with Crippen molar-refractivity contribution < 1.29 is 9.50 Å². The molecule has 1 aromatic rings. The maximum atomic E-state index is 13.8. The number of halogens is 2. The summed E-state index contributed by atoms with van der Waals surface area (Å²) < 4.78 is 14.6. The van der Waals surface area contributed by atoms with E-state index in [4.69, 9.17) is 0 Å². The molecule has 1 aliphatic carbocycles. The number of hydrogen-bond acceptors (Lipinski definition) is 3. The fraction of sp³-hybridized carbons (Fsp3) is 0.571. The molecule has 2 unspecified atom stereocenters. The van der Waals surface area contributed by atoms with Crippen LogP contribution < -0.4 is 5.32 Å². The smallest absolute Gasteiger partial charge is 0.127 e. The number of fused-ring (bicyclic) bond motifs is 1. The standard InChI is InChI=1S/C14H20BrFN2O/c1-18(2)8-10(19)7-17-14-4-3-11-12(14)5-9(15)6-13(11)16/h5-6,10,14,17,19H,3-4,7-8H2,1-2H3. The van der Waals surface area contributed by atoms with Crippen LogP contribution in [-0.4, -0.2) is 43.3 Å². The topological polar surface area (TPSA) is 35.5 Å². The Bertz CT molecular complexity index is 453. The van der Waals surface area contributed by atoms with Gasteiger partial charge in [0.05, 0.1) is 6.10 Å². The lowest BCUT2D eigenvalue weighted by Crippen LogP contribution is -2.36. The molecule has 19 heavy (non-hydrogen) atoms. The molecule has 0 saturated carbocycles. The zero-order valence-electron chi connectivity index (χ0n) is 11.3. The maximum Gasteiger partial charge on any atom is 0.127 e. The first-order valence-electron chi connectivity index (χ1n) is 6.51. The number of aliphatic hydroxyl groups excluding tert-OH is 1. The van der Waals surface area contributed by atoms with Crippen molar-refractivity contribution in [3.63, 3.8) is 0 Å². The Hall–Kier alpha value is -0.490. The van der Waals surface area contributed by atoms with Crippen LogP contribution in [0.25, 0.3) is 0 Å². The van der Waals surface area contributed by atoms with Crippen molar-refractivity contribution in [3.8, 4) is 0 Å². The summed E-state index contributed by atoms with van der Waals surface area (Å²) in [7, 11) is 3.86. The summed E-state index contributed by atoms with van der Waals surface area (Å²) in [5.74, 6) is -0.137. The third-order valence-electron chi connectivity index (χ3n) is 3.43. The molecule has 0 aromatic heterocycles. The SMILES string of the molecule is CN(C)CC(O)CNC1CCc2c(F)cc(Br)cc21. The van der Waals surface area contributed by atoms with Gasteiger partial charge in [0.1, 0.15) is 5.82 Å². The lowest BCUT2D eigenvalue weighted by molar-refractivity contribution is 0.131. The number of nitrogens with zero attached hydrogens (tertiary/aromatic N) is 1. The van der Waals surface area contributed by atoms with Gasteiger partial charge in [0.2, 0.25) is 0 Å². The van der Waals surface area contributed by atoms with Crippen LogP contribution in [0, 0.1) is 5.82 Å². The summed E-state index contributed by atoms with van der Waals surface area (Å²) in [5.41, 5.74) is 1.83. The molecule has 0 spiro atoms. The Morgan fingerprint density at radius 2 is 2.26 bits per heavy atom. The maximum absolute atomic E-state index is 13.8. The first kappa shape index (κ1) is 14.9. The van der Waals surface area contributed by atoms with Crippen LogP contribution in [0.3, 0.4) is 0 Å². The molecular formula is C14H20BrFN2O. The first-order chi connectivity index (χ1) is 8.97. The van der Waals surface area contributed by atoms with Gasteiger partial charge in [-0.15, -0.1) is 0 Å². The first-order valence-corrected chi connectivity index (χ1v) is 7.30. The van der Waals surface area contributed by atoms with E-state index in [1.807, 2.05) is 25.1 Å². The molecule has 0 bridgehead atoms. The summed E-state index contributed by atoms with van der Waals surface area (Å²) in [6.45, 7) is 1.15. The van der Waals surface area contributed by atoms with Gasteiger partial charge in [-0.1, -0.05) is 15.9 Å². The van der Waals surface area contributed by atoms with Crippen LogP contribution in [0.4, 0.5) is 4.39 Å². The van der Waals surface area contributed by atoms with Crippen LogP contribution in [-0.2, 0) is 6.42 Å². The summed E-state index contributed by atoms with van der Waals surface area (Å²) >= 11 is 3.33. The van der Waals surface area contributed by atoms with E-state index in [0.29, 0.717) is 13.1 Å². The molecular weight excluding hydrogens is 311 g/mol. The number of benzene rings is 1. The van der Waals surface area contributed by atoms with E-state index in [-0.39, 0.29) is 11.9 Å². The Morgan fingerprint density at radius 1 is 1.53 bits per heavy atom. The lowest BCUT2D eigenvalue weighted by Gasteiger charge is -2.20. The van der Waals surface area contributed by atoms with E-state index >= 15 is 0 Å². The van der Waals surface area contributed by atoms with E-state index in [1.54, 1.807) is 0 Å². The number of rotatable bonds is 5. The van der Waals surface area contributed by atoms with Crippen LogP contribution in [0.1, 0.15) is 23.6 Å². The minimum absolute atomic E-state index is 0.137. The molecule has 0 fully saturated rings. The molecule has 0 amide bonds. The van der Waals surface area contributed by atoms with Crippen molar-refractivity contribution >= 4 is 15.9 Å². The third kappa shape index (κ3) is 3.75. The average molecular weight is 331 g/mol. The molecule has 5 heteroatoms. The number of likely N-dealkylation sites (N-methyl/N-ethyl adjacent to an activating group) is 1. The lowest BCUT2D eigenvalue weighted by atomic mass is 10.1. The highest BCUT2D eigenvalue weighted by atomic mass is 79.9. The van der Waals surface area contributed by atoms with Gasteiger partial charge in [0.25, 0.3) is 0 Å². The summed E-state index contributed by atoms with van der Waals surface area (Å²) in [6, 6.07) is 3.63. The Morgan fingerprint density at radius 3 is 2.95 bits per heavy atom. The van der Waals surface area contributed by atoms with Crippen molar-refractivity contribution in [3.05, 3.63) is 33.5 Å². The van der Waals surface area contributed by atoms with Gasteiger partial charge in [-0.3, -0.25) is 0 Å². The Kier molecular flexibility index (Phi) is 4.95. The van der Waals surface area contributed by atoms with Gasteiger partial charge in [0.15, 0.2) is 0 Å². The third-order valence-corrected chi connectivity index (χ3v) is 3.89. The highest BCUT2D eigenvalue weighted by molar-refractivity contribution is 9.10. The molecule has 0 aliphatic heterocycles. The van der Waals surface area contributed by atoms with Crippen LogP contribution in [0.2, 0.25) is 0 Å². The molecule has 2 rings (SSSR count). The average Bonchev–Trinajstić information content (AvgIpc) is 2.68. The second-order valence-electron chi connectivity index (χ2n) is 5.37. The molecule has 3 nitrogen and oxygen atoms in total. The molecule has 2 atom stereocenters. The molecule has 0 saturated heterocycles. The van der Waals surface area contributed by atoms with Gasteiger partial charge >= 0.3 is 0 Å². The van der Waals surface area contributed by atoms with Crippen LogP contribution >= 0.6 is 15.9 Å². The molecule has 2 N–H and O–H groups in total. The van der Waals surface area contributed by atoms with E-state index in [2.05, 4.69) is 21.2 Å². The highest BCUT2D eigenvalue weighted by Gasteiger charge is 2.25. The molecule has 0 heterocycles. The van der Waals surface area contributed by atoms with Gasteiger partial charge in [-0.05, 0) is 50.2 Å². The van der Waals surface area contributed by atoms with E-state index in [1.165, 1.54) is 6.07 Å². The van der Waals surface area contributed by atoms with Crippen molar-refractivity contribution in [2.45, 2.75) is 25.0 Å². The fourth-order valence-electron chi connectivity index (χ4n) is 2.62. The monoisotopic (exact) mass is 330 g/mol. The van der Waals surface area contributed by atoms with Gasteiger partial charge in [-0.2, -0.15) is 0 Å². The van der Waals surface area contributed by atoms with Crippen molar-refractivity contribution in [1.82, 2.24) is 10.2 Å². The largest absolute Gasteiger partial charge is 0.390 e. The summed E-state index contributed by atoms with van der Waals surface area (Å²) in [5, 5.41) is 13.2. The van der Waals surface area contributed by atoms with Gasteiger partial charge in [-0.25, -0.2) is 4.39 Å². The summed E-state index contributed by atoms with van der Waals surface area (Å²) in [6.07, 6.45) is 1.24. The Labute approximate surface area is 121 Å². The minimum atomic E-state index is -0.406. The van der Waals surface area contributed by atoms with Gasteiger partial charge < -0.3 is 15.3 Å². The predicted octanol–water partition coefficient (Wildman–Crippen LogP) is 2.09. The predicted molar refractivity (Wildman–Crippen MR) is 77.7 cm³/mol. The molecule has 106 valence electrons. The summed E-state index contributed by atoms with van der Waals surface area (Å²) in [4.78, 5) is 1.95. The van der Waals surface area contributed by atoms with Crippen LogP contribution in [0.5, 0.6) is 0 Å². The van der Waals surface area contributed by atoms with Crippen LogP contribution in [0.15, 0.2) is 16.6 Å². The van der Waals surface area contributed by atoms with E-state index in [9.17, 15) is 9.50 Å². The second kappa shape index (κ2) is 6.31. The van der Waals surface area contributed by atoms with Crippen molar-refractivity contribution in [2.24, 2.45) is 0 Å². The number of aliphatic hydroxyl groups is 1. The zero-order valence-corrected chi connectivity index (χ0v) is 12.9. The number of nitrogens with one attached hydrogen (secondary N) is 1. The Balaban J connectivity index is 1.99. The minimum Gasteiger partial charge on any atom is -0.390 e. The zero-order chi connectivity index (χ0) is 14.0. The fourth-order valence-corrected chi connectivity index (χ4v) is 3.07. The van der Waals surface area contributed by atoms with Gasteiger partial charge in [0, 0.05) is 23.6 Å². The second-order valence-corrected chi connectivity index (χ2v) is 6.29. The van der Waals surface area contributed by atoms with E-state index < -0.39 is 6.10 Å². The normalized spacial score (nSPS) is 19.8. The quantitative estimate of drug-likeness (QED) is 0.867. The molecule has 0 radical (unpaired) electrons.